The van der Waals surface area contributed by atoms with Crippen molar-refractivity contribution in [2.24, 2.45) is 0 Å². The molecule has 4 rings (SSSR count). The largest absolute Gasteiger partial charge is 0.377 e. The van der Waals surface area contributed by atoms with Gasteiger partial charge in [0.2, 0.25) is 5.91 Å². The zero-order chi connectivity index (χ0) is 20.9. The number of amides is 1. The summed E-state index contributed by atoms with van der Waals surface area (Å²) in [5.41, 5.74) is 3.24. The molecule has 0 bridgehead atoms. The molecule has 1 aliphatic rings. The maximum atomic E-state index is 12.3. The number of nitrogens with zero attached hydrogens (tertiary/aromatic N) is 2. The van der Waals surface area contributed by atoms with Gasteiger partial charge in [0.1, 0.15) is 5.82 Å². The second kappa shape index (κ2) is 9.16. The van der Waals surface area contributed by atoms with Crippen LogP contribution in [0.25, 0.3) is 10.9 Å². The number of hydrogen-bond acceptors (Lipinski definition) is 4. The Bertz CT molecular complexity index is 994. The van der Waals surface area contributed by atoms with E-state index in [-0.39, 0.29) is 11.9 Å². The van der Waals surface area contributed by atoms with Gasteiger partial charge in [0.15, 0.2) is 0 Å². The SMILES string of the molecule is CN(C)c1cc(N[C@H]2CC[C@@H](NC(=O)Cc3ccccc3)CC2)nc2ccccc12. The van der Waals surface area contributed by atoms with E-state index >= 15 is 0 Å². The lowest BCUT2D eigenvalue weighted by atomic mass is 9.91. The molecule has 5 heteroatoms. The van der Waals surface area contributed by atoms with E-state index in [4.69, 9.17) is 4.98 Å². The highest BCUT2D eigenvalue weighted by Gasteiger charge is 2.23. The number of fused-ring (bicyclic) bond motifs is 1. The third-order valence-electron chi connectivity index (χ3n) is 5.83. The Labute approximate surface area is 178 Å². The molecule has 0 saturated heterocycles. The van der Waals surface area contributed by atoms with Crippen molar-refractivity contribution >= 4 is 28.3 Å². The van der Waals surface area contributed by atoms with Crippen molar-refractivity contribution in [3.05, 3.63) is 66.2 Å². The molecule has 1 aromatic heterocycles. The van der Waals surface area contributed by atoms with Gasteiger partial charge in [-0.2, -0.15) is 0 Å². The lowest BCUT2D eigenvalue weighted by molar-refractivity contribution is -0.121. The first-order chi connectivity index (χ1) is 14.6. The minimum absolute atomic E-state index is 0.115. The molecule has 1 fully saturated rings. The number of carbonyl (C=O) groups is 1. The summed E-state index contributed by atoms with van der Waals surface area (Å²) >= 11 is 0. The van der Waals surface area contributed by atoms with Crippen LogP contribution >= 0.6 is 0 Å². The summed E-state index contributed by atoms with van der Waals surface area (Å²) in [6.07, 6.45) is 4.50. The summed E-state index contributed by atoms with van der Waals surface area (Å²) in [7, 11) is 4.13. The van der Waals surface area contributed by atoms with E-state index in [2.05, 4.69) is 53.9 Å². The first kappa shape index (κ1) is 20.2. The molecule has 0 unspecified atom stereocenters. The standard InChI is InChI=1S/C25H30N4O/c1-29(2)23-17-24(28-22-11-7-6-10-21(22)23)26-19-12-14-20(15-13-19)27-25(30)16-18-8-4-3-5-9-18/h3-11,17,19-20H,12-16H2,1-2H3,(H,26,28)(H,27,30)/t19-,20+. The van der Waals surface area contributed by atoms with Gasteiger partial charge < -0.3 is 15.5 Å². The summed E-state index contributed by atoms with van der Waals surface area (Å²) in [6, 6.07) is 21.0. The van der Waals surface area contributed by atoms with Crippen LogP contribution in [0.15, 0.2) is 60.7 Å². The summed E-state index contributed by atoms with van der Waals surface area (Å²) in [5, 5.41) is 8.01. The predicted octanol–water partition coefficient (Wildman–Crippen LogP) is 4.38. The smallest absolute Gasteiger partial charge is 0.224 e. The van der Waals surface area contributed by atoms with Crippen molar-refractivity contribution in [2.45, 2.75) is 44.2 Å². The van der Waals surface area contributed by atoms with Gasteiger partial charge >= 0.3 is 0 Å². The normalized spacial score (nSPS) is 18.7. The van der Waals surface area contributed by atoms with Gasteiger partial charge in [-0.3, -0.25) is 4.79 Å². The van der Waals surface area contributed by atoms with Crippen molar-refractivity contribution in [1.82, 2.24) is 10.3 Å². The van der Waals surface area contributed by atoms with Crippen LogP contribution in [-0.2, 0) is 11.2 Å². The molecule has 3 aromatic rings. The van der Waals surface area contributed by atoms with Crippen LogP contribution in [0.4, 0.5) is 11.5 Å². The Hall–Kier alpha value is -3.08. The average molecular weight is 403 g/mol. The molecule has 0 aliphatic heterocycles. The molecule has 1 aliphatic carbocycles. The lowest BCUT2D eigenvalue weighted by Crippen LogP contribution is -2.40. The minimum atomic E-state index is 0.115. The second-order valence-corrected chi connectivity index (χ2v) is 8.36. The monoisotopic (exact) mass is 402 g/mol. The van der Waals surface area contributed by atoms with E-state index in [1.54, 1.807) is 0 Å². The molecule has 0 spiro atoms. The van der Waals surface area contributed by atoms with Crippen molar-refractivity contribution in [3.8, 4) is 0 Å². The third kappa shape index (κ3) is 4.90. The molecule has 1 saturated carbocycles. The molecule has 30 heavy (non-hydrogen) atoms. The number of hydrogen-bond donors (Lipinski definition) is 2. The highest BCUT2D eigenvalue weighted by Crippen LogP contribution is 2.29. The fourth-order valence-corrected chi connectivity index (χ4v) is 4.25. The van der Waals surface area contributed by atoms with Crippen molar-refractivity contribution < 1.29 is 4.79 Å². The number of carbonyl (C=O) groups excluding carboxylic acids is 1. The maximum Gasteiger partial charge on any atom is 0.224 e. The van der Waals surface area contributed by atoms with E-state index in [0.717, 1.165) is 48.0 Å². The van der Waals surface area contributed by atoms with Crippen LogP contribution in [0.1, 0.15) is 31.2 Å². The zero-order valence-corrected chi connectivity index (χ0v) is 17.8. The molecule has 1 amide bonds. The number of anilines is 2. The summed E-state index contributed by atoms with van der Waals surface area (Å²) < 4.78 is 0. The summed E-state index contributed by atoms with van der Waals surface area (Å²) in [5.74, 6) is 1.04. The zero-order valence-electron chi connectivity index (χ0n) is 17.8. The number of benzene rings is 2. The van der Waals surface area contributed by atoms with Gasteiger partial charge in [0, 0.05) is 43.3 Å². The van der Waals surface area contributed by atoms with Crippen LogP contribution < -0.4 is 15.5 Å². The Kier molecular flexibility index (Phi) is 6.17. The van der Waals surface area contributed by atoms with Crippen LogP contribution in [0.2, 0.25) is 0 Å². The second-order valence-electron chi connectivity index (χ2n) is 8.36. The maximum absolute atomic E-state index is 12.3. The van der Waals surface area contributed by atoms with Crippen molar-refractivity contribution in [1.29, 1.82) is 0 Å². The Morgan fingerprint density at radius 3 is 2.37 bits per heavy atom. The van der Waals surface area contributed by atoms with Crippen molar-refractivity contribution in [2.75, 3.05) is 24.3 Å². The summed E-state index contributed by atoms with van der Waals surface area (Å²) in [4.78, 5) is 19.3. The van der Waals surface area contributed by atoms with E-state index in [9.17, 15) is 4.79 Å². The molecule has 2 N–H and O–H groups in total. The summed E-state index contributed by atoms with van der Waals surface area (Å²) in [6.45, 7) is 0. The van der Waals surface area contributed by atoms with Crippen molar-refractivity contribution in [3.63, 3.8) is 0 Å². The Morgan fingerprint density at radius 1 is 0.967 bits per heavy atom. The highest BCUT2D eigenvalue weighted by molar-refractivity contribution is 5.93. The van der Waals surface area contributed by atoms with E-state index in [0.29, 0.717) is 12.5 Å². The van der Waals surface area contributed by atoms with Gasteiger partial charge in [-0.25, -0.2) is 4.98 Å². The van der Waals surface area contributed by atoms with Crippen LogP contribution in [0.5, 0.6) is 0 Å². The number of nitrogens with one attached hydrogen (secondary N) is 2. The van der Waals surface area contributed by atoms with Crippen LogP contribution in [-0.4, -0.2) is 37.1 Å². The van der Waals surface area contributed by atoms with Crippen LogP contribution in [0.3, 0.4) is 0 Å². The molecular weight excluding hydrogens is 372 g/mol. The quantitative estimate of drug-likeness (QED) is 0.642. The molecule has 1 heterocycles. The number of aromatic nitrogens is 1. The van der Waals surface area contributed by atoms with E-state index in [1.165, 1.54) is 5.69 Å². The van der Waals surface area contributed by atoms with Gasteiger partial charge in [0.25, 0.3) is 0 Å². The Balaban J connectivity index is 1.33. The van der Waals surface area contributed by atoms with Gasteiger partial charge in [0.05, 0.1) is 11.9 Å². The number of pyridine rings is 1. The molecule has 156 valence electrons. The third-order valence-corrected chi connectivity index (χ3v) is 5.83. The van der Waals surface area contributed by atoms with Gasteiger partial charge in [-0.15, -0.1) is 0 Å². The number of para-hydroxylation sites is 1. The van der Waals surface area contributed by atoms with Crippen LogP contribution in [0, 0.1) is 0 Å². The minimum Gasteiger partial charge on any atom is -0.377 e. The molecule has 5 nitrogen and oxygen atoms in total. The number of rotatable bonds is 6. The fraction of sp³-hybridized carbons (Fsp3) is 0.360. The van der Waals surface area contributed by atoms with E-state index in [1.807, 2.05) is 36.4 Å². The van der Waals surface area contributed by atoms with Gasteiger partial charge in [-0.1, -0.05) is 48.5 Å². The lowest BCUT2D eigenvalue weighted by Gasteiger charge is -2.30. The predicted molar refractivity (Wildman–Crippen MR) is 124 cm³/mol. The molecule has 2 aromatic carbocycles. The average Bonchev–Trinajstić information content (AvgIpc) is 2.75. The van der Waals surface area contributed by atoms with Gasteiger partial charge in [-0.05, 0) is 37.3 Å². The molecular formula is C25H30N4O. The Morgan fingerprint density at radius 2 is 1.63 bits per heavy atom. The molecule has 0 radical (unpaired) electrons. The first-order valence-corrected chi connectivity index (χ1v) is 10.8. The fourth-order valence-electron chi connectivity index (χ4n) is 4.25. The molecule has 0 atom stereocenters. The van der Waals surface area contributed by atoms with E-state index < -0.39 is 0 Å². The highest BCUT2D eigenvalue weighted by atomic mass is 16.1. The first-order valence-electron chi connectivity index (χ1n) is 10.8. The topological polar surface area (TPSA) is 57.3 Å².